The summed E-state index contributed by atoms with van der Waals surface area (Å²) >= 11 is 0. The fourth-order valence-electron chi connectivity index (χ4n) is 2.07. The zero-order chi connectivity index (χ0) is 15.2. The Hall–Kier alpha value is -2.44. The molecule has 1 fully saturated rings. The van der Waals surface area contributed by atoms with Crippen molar-refractivity contribution < 1.29 is 14.4 Å². The molecular weight excluding hydrogens is 272 g/mol. The molecule has 0 radical (unpaired) electrons. The fourth-order valence-corrected chi connectivity index (χ4v) is 2.07. The molecule has 2 N–H and O–H groups in total. The van der Waals surface area contributed by atoms with Crippen LogP contribution in [0.1, 0.15) is 18.5 Å². The van der Waals surface area contributed by atoms with Crippen LogP contribution in [0.25, 0.3) is 0 Å². The van der Waals surface area contributed by atoms with Crippen LogP contribution in [-0.4, -0.2) is 47.4 Å². The molecule has 7 heteroatoms. The number of amides is 4. The van der Waals surface area contributed by atoms with Gasteiger partial charge in [0.05, 0.1) is 0 Å². The van der Waals surface area contributed by atoms with Crippen molar-refractivity contribution in [2.45, 2.75) is 25.3 Å². The van der Waals surface area contributed by atoms with Gasteiger partial charge in [-0.3, -0.25) is 19.9 Å². The normalized spacial score (nSPS) is 17.3. The molecule has 7 nitrogen and oxygen atoms in total. The average molecular weight is 290 g/mol. The number of nitrogens with zero attached hydrogens (tertiary/aromatic N) is 2. The van der Waals surface area contributed by atoms with Crippen molar-refractivity contribution >= 4 is 17.8 Å². The summed E-state index contributed by atoms with van der Waals surface area (Å²) in [6.45, 7) is 0.569. The van der Waals surface area contributed by atoms with Gasteiger partial charge in [0, 0.05) is 38.3 Å². The molecule has 1 aliphatic heterocycles. The molecule has 1 saturated heterocycles. The third-order valence-corrected chi connectivity index (χ3v) is 3.36. The smallest absolute Gasteiger partial charge is 0.322 e. The highest BCUT2D eigenvalue weighted by molar-refractivity contribution is 6.04. The zero-order valence-electron chi connectivity index (χ0n) is 11.8. The van der Waals surface area contributed by atoms with E-state index in [0.29, 0.717) is 19.4 Å². The second-order valence-corrected chi connectivity index (χ2v) is 4.94. The van der Waals surface area contributed by atoms with Gasteiger partial charge in [-0.2, -0.15) is 0 Å². The lowest BCUT2D eigenvalue weighted by Gasteiger charge is -2.17. The van der Waals surface area contributed by atoms with Gasteiger partial charge in [-0.05, 0) is 18.6 Å². The maximum absolute atomic E-state index is 12.0. The molecule has 0 spiro atoms. The highest BCUT2D eigenvalue weighted by atomic mass is 16.2. The molecule has 112 valence electrons. The van der Waals surface area contributed by atoms with E-state index in [2.05, 4.69) is 15.6 Å². The van der Waals surface area contributed by atoms with Crippen LogP contribution >= 0.6 is 0 Å². The molecule has 2 rings (SSSR count). The largest absolute Gasteiger partial charge is 0.345 e. The monoisotopic (exact) mass is 290 g/mol. The first kappa shape index (κ1) is 15.0. The minimum absolute atomic E-state index is 0.0557. The number of hydrogen-bond donors (Lipinski definition) is 2. The van der Waals surface area contributed by atoms with E-state index in [1.165, 1.54) is 0 Å². The molecule has 21 heavy (non-hydrogen) atoms. The number of urea groups is 1. The van der Waals surface area contributed by atoms with Crippen molar-refractivity contribution in [3.63, 3.8) is 0 Å². The number of nitrogens with one attached hydrogen (secondary N) is 2. The first-order chi connectivity index (χ1) is 10.1. The number of carbonyl (C=O) groups is 3. The van der Waals surface area contributed by atoms with Gasteiger partial charge in [-0.25, -0.2) is 4.79 Å². The zero-order valence-corrected chi connectivity index (χ0v) is 11.8. The average Bonchev–Trinajstić information content (AvgIpc) is 2.81. The summed E-state index contributed by atoms with van der Waals surface area (Å²) in [7, 11) is 1.72. The Balaban J connectivity index is 1.72. The lowest BCUT2D eigenvalue weighted by molar-refractivity contribution is -0.130. The molecule has 4 amide bonds. The maximum atomic E-state index is 12.0. The molecular formula is C14H18N4O3. The van der Waals surface area contributed by atoms with Crippen LogP contribution in [0, 0.1) is 0 Å². The molecule has 1 aliphatic rings. The standard InChI is InChI=1S/C14H18N4O3/c1-18(9-7-10-4-2-3-8-15-10)12(19)6-5-11-13(20)17-14(21)16-11/h2-4,8,11H,5-7,9H2,1H3,(H2,16,17,20,21)/t11-/m1/s1. The van der Waals surface area contributed by atoms with Crippen molar-refractivity contribution in [1.29, 1.82) is 0 Å². The molecule has 0 aromatic carbocycles. The van der Waals surface area contributed by atoms with E-state index >= 15 is 0 Å². The number of imide groups is 1. The second-order valence-electron chi connectivity index (χ2n) is 4.94. The van der Waals surface area contributed by atoms with E-state index in [-0.39, 0.29) is 18.2 Å². The Morgan fingerprint density at radius 1 is 1.38 bits per heavy atom. The quantitative estimate of drug-likeness (QED) is 0.725. The summed E-state index contributed by atoms with van der Waals surface area (Å²) in [5.41, 5.74) is 0.930. The van der Waals surface area contributed by atoms with Gasteiger partial charge in [0.15, 0.2) is 0 Å². The van der Waals surface area contributed by atoms with E-state index in [1.54, 1.807) is 18.1 Å². The summed E-state index contributed by atoms with van der Waals surface area (Å²) in [4.78, 5) is 40.1. The summed E-state index contributed by atoms with van der Waals surface area (Å²) < 4.78 is 0. The van der Waals surface area contributed by atoms with E-state index in [9.17, 15) is 14.4 Å². The van der Waals surface area contributed by atoms with Crippen LogP contribution in [0.15, 0.2) is 24.4 Å². The van der Waals surface area contributed by atoms with Crippen LogP contribution in [0.2, 0.25) is 0 Å². The van der Waals surface area contributed by atoms with Crippen LogP contribution in [0.4, 0.5) is 4.79 Å². The van der Waals surface area contributed by atoms with E-state index in [0.717, 1.165) is 5.69 Å². The third kappa shape index (κ3) is 4.27. The topological polar surface area (TPSA) is 91.4 Å². The predicted octanol–water partition coefficient (Wildman–Crippen LogP) is 0.0707. The molecule has 1 aromatic heterocycles. The van der Waals surface area contributed by atoms with Gasteiger partial charge in [0.25, 0.3) is 5.91 Å². The number of likely N-dealkylation sites (N-methyl/N-ethyl adjacent to an activating group) is 1. The van der Waals surface area contributed by atoms with Gasteiger partial charge in [-0.1, -0.05) is 6.07 Å². The molecule has 1 atom stereocenters. The van der Waals surface area contributed by atoms with Gasteiger partial charge in [-0.15, -0.1) is 0 Å². The van der Waals surface area contributed by atoms with Crippen LogP contribution in [0.5, 0.6) is 0 Å². The van der Waals surface area contributed by atoms with E-state index in [1.807, 2.05) is 18.2 Å². The molecule has 0 bridgehead atoms. The van der Waals surface area contributed by atoms with E-state index < -0.39 is 12.1 Å². The van der Waals surface area contributed by atoms with Crippen LogP contribution < -0.4 is 10.6 Å². The first-order valence-corrected chi connectivity index (χ1v) is 6.81. The molecule has 0 unspecified atom stereocenters. The summed E-state index contributed by atoms with van der Waals surface area (Å²) in [5.74, 6) is -0.427. The third-order valence-electron chi connectivity index (χ3n) is 3.36. The molecule has 0 saturated carbocycles. The minimum Gasteiger partial charge on any atom is -0.345 e. The maximum Gasteiger partial charge on any atom is 0.322 e. The van der Waals surface area contributed by atoms with Crippen LogP contribution in [-0.2, 0) is 16.0 Å². The van der Waals surface area contributed by atoms with Crippen molar-refractivity contribution in [3.8, 4) is 0 Å². The highest BCUT2D eigenvalue weighted by Crippen LogP contribution is 2.05. The van der Waals surface area contributed by atoms with Crippen molar-refractivity contribution in [1.82, 2.24) is 20.5 Å². The summed E-state index contributed by atoms with van der Waals surface area (Å²) in [6.07, 6.45) is 2.93. The van der Waals surface area contributed by atoms with Gasteiger partial charge in [0.2, 0.25) is 5.91 Å². The van der Waals surface area contributed by atoms with Gasteiger partial charge < -0.3 is 10.2 Å². The Morgan fingerprint density at radius 3 is 2.81 bits per heavy atom. The number of pyridine rings is 1. The highest BCUT2D eigenvalue weighted by Gasteiger charge is 2.29. The van der Waals surface area contributed by atoms with Crippen molar-refractivity contribution in [3.05, 3.63) is 30.1 Å². The summed E-state index contributed by atoms with van der Waals surface area (Å²) in [5, 5.41) is 4.62. The van der Waals surface area contributed by atoms with Crippen molar-refractivity contribution in [2.75, 3.05) is 13.6 Å². The number of hydrogen-bond acceptors (Lipinski definition) is 4. The second kappa shape index (κ2) is 6.83. The lowest BCUT2D eigenvalue weighted by Crippen LogP contribution is -2.33. The Labute approximate surface area is 122 Å². The first-order valence-electron chi connectivity index (χ1n) is 6.81. The Morgan fingerprint density at radius 2 is 2.19 bits per heavy atom. The number of rotatable bonds is 6. The lowest BCUT2D eigenvalue weighted by atomic mass is 10.1. The van der Waals surface area contributed by atoms with Gasteiger partial charge >= 0.3 is 6.03 Å². The van der Waals surface area contributed by atoms with Crippen LogP contribution in [0.3, 0.4) is 0 Å². The Kier molecular flexibility index (Phi) is 4.86. The molecule has 1 aromatic rings. The van der Waals surface area contributed by atoms with Crippen molar-refractivity contribution in [2.24, 2.45) is 0 Å². The van der Waals surface area contributed by atoms with E-state index in [4.69, 9.17) is 0 Å². The molecule has 2 heterocycles. The van der Waals surface area contributed by atoms with Gasteiger partial charge in [0.1, 0.15) is 6.04 Å². The summed E-state index contributed by atoms with van der Waals surface area (Å²) in [6, 6.07) is 4.56. The molecule has 0 aliphatic carbocycles. The number of aromatic nitrogens is 1. The Bertz CT molecular complexity index is 532. The minimum atomic E-state index is -0.606. The SMILES string of the molecule is CN(CCc1ccccn1)C(=O)CC[C@H]1NC(=O)NC1=O. The predicted molar refractivity (Wildman–Crippen MR) is 75.3 cm³/mol. The fraction of sp³-hybridized carbons (Fsp3) is 0.429. The number of carbonyl (C=O) groups excluding carboxylic acids is 3.